The number of amides is 1. The minimum atomic E-state index is -0.204. The number of nitrogens with zero attached hydrogens (tertiary/aromatic N) is 4. The van der Waals surface area contributed by atoms with Crippen molar-refractivity contribution >= 4 is 29.3 Å². The Morgan fingerprint density at radius 1 is 1.40 bits per heavy atom. The van der Waals surface area contributed by atoms with Crippen LogP contribution in [-0.4, -0.2) is 38.5 Å². The number of hydrogen-bond acceptors (Lipinski definition) is 5. The van der Waals surface area contributed by atoms with Crippen molar-refractivity contribution in [2.24, 2.45) is 0 Å². The van der Waals surface area contributed by atoms with Gasteiger partial charge in [0.15, 0.2) is 5.16 Å². The maximum Gasteiger partial charge on any atom is 0.269 e. The Kier molecular flexibility index (Phi) is 6.31. The lowest BCUT2D eigenvalue weighted by Crippen LogP contribution is -2.26. The van der Waals surface area contributed by atoms with Gasteiger partial charge in [0, 0.05) is 30.2 Å². The third-order valence-corrected chi connectivity index (χ3v) is 5.30. The van der Waals surface area contributed by atoms with Crippen LogP contribution in [0.1, 0.15) is 54.5 Å². The number of aromatic nitrogens is 4. The lowest BCUT2D eigenvalue weighted by Gasteiger charge is -2.16. The van der Waals surface area contributed by atoms with Gasteiger partial charge in [0.05, 0.1) is 0 Å². The average molecular weight is 380 g/mol. The van der Waals surface area contributed by atoms with E-state index >= 15 is 0 Å². The maximum atomic E-state index is 12.1. The summed E-state index contributed by atoms with van der Waals surface area (Å²) in [5.41, 5.74) is 0.339. The molecule has 1 aliphatic rings. The summed E-state index contributed by atoms with van der Waals surface area (Å²) < 4.78 is 2.30. The van der Waals surface area contributed by atoms with Crippen molar-refractivity contribution in [3.05, 3.63) is 34.9 Å². The van der Waals surface area contributed by atoms with E-state index in [4.69, 9.17) is 11.6 Å². The normalized spacial score (nSPS) is 14.8. The molecule has 1 fully saturated rings. The second-order valence-electron chi connectivity index (χ2n) is 6.13. The van der Waals surface area contributed by atoms with Gasteiger partial charge in [-0.25, -0.2) is 0 Å². The van der Waals surface area contributed by atoms with Crippen LogP contribution in [0, 0.1) is 0 Å². The van der Waals surface area contributed by atoms with Gasteiger partial charge < -0.3 is 9.88 Å². The number of carbonyl (C=O) groups excluding carboxylic acids is 1. The Morgan fingerprint density at radius 2 is 2.20 bits per heavy atom. The SMILES string of the molecule is CSc1nnc(CCCNC(=O)c2cc(Cl)ccn2)n1C1CCCC1. The molecule has 0 unspecified atom stereocenters. The number of thioether (sulfide) groups is 1. The molecule has 3 rings (SSSR count). The van der Waals surface area contributed by atoms with Crippen LogP contribution in [0.4, 0.5) is 0 Å². The molecular formula is C17H22ClN5OS. The molecular weight excluding hydrogens is 358 g/mol. The number of carbonyl (C=O) groups is 1. The first kappa shape index (κ1) is 18.2. The van der Waals surface area contributed by atoms with Gasteiger partial charge in [0.25, 0.3) is 5.91 Å². The lowest BCUT2D eigenvalue weighted by molar-refractivity contribution is 0.0948. The Hall–Kier alpha value is -1.60. The number of rotatable bonds is 7. The first-order valence-corrected chi connectivity index (χ1v) is 10.2. The van der Waals surface area contributed by atoms with E-state index in [1.165, 1.54) is 31.9 Å². The van der Waals surface area contributed by atoms with Crippen LogP contribution >= 0.6 is 23.4 Å². The molecule has 0 radical (unpaired) electrons. The zero-order valence-electron chi connectivity index (χ0n) is 14.2. The van der Waals surface area contributed by atoms with Gasteiger partial charge in [-0.2, -0.15) is 0 Å². The molecule has 2 aromatic rings. The van der Waals surface area contributed by atoms with E-state index in [9.17, 15) is 4.79 Å². The maximum absolute atomic E-state index is 12.1. The van der Waals surface area contributed by atoms with E-state index < -0.39 is 0 Å². The minimum Gasteiger partial charge on any atom is -0.351 e. The Labute approximate surface area is 156 Å². The van der Waals surface area contributed by atoms with Crippen molar-refractivity contribution in [3.8, 4) is 0 Å². The molecule has 1 amide bonds. The summed E-state index contributed by atoms with van der Waals surface area (Å²) >= 11 is 7.53. The van der Waals surface area contributed by atoms with E-state index in [0.717, 1.165) is 23.8 Å². The number of pyridine rings is 1. The lowest BCUT2D eigenvalue weighted by atomic mass is 10.2. The van der Waals surface area contributed by atoms with Crippen LogP contribution in [0.2, 0.25) is 5.02 Å². The molecule has 25 heavy (non-hydrogen) atoms. The number of hydrogen-bond donors (Lipinski definition) is 1. The Bertz CT molecular complexity index is 730. The highest BCUT2D eigenvalue weighted by Gasteiger charge is 2.23. The third kappa shape index (κ3) is 4.52. The summed E-state index contributed by atoms with van der Waals surface area (Å²) in [6.07, 6.45) is 10.1. The van der Waals surface area contributed by atoms with E-state index in [-0.39, 0.29) is 5.91 Å². The van der Waals surface area contributed by atoms with Crippen LogP contribution in [0.15, 0.2) is 23.5 Å². The fraction of sp³-hybridized carbons (Fsp3) is 0.529. The molecule has 0 spiro atoms. The largest absolute Gasteiger partial charge is 0.351 e. The van der Waals surface area contributed by atoms with E-state index in [2.05, 4.69) is 25.1 Å². The standard InChI is InChI=1S/C17H22ClN5OS/c1-25-17-22-21-15(23(17)13-5-2-3-6-13)7-4-9-20-16(24)14-11-12(18)8-10-19-14/h8,10-11,13H,2-7,9H2,1H3,(H,20,24). The van der Waals surface area contributed by atoms with E-state index in [0.29, 0.717) is 23.3 Å². The van der Waals surface area contributed by atoms with Gasteiger partial charge in [-0.1, -0.05) is 36.2 Å². The van der Waals surface area contributed by atoms with Gasteiger partial charge in [-0.3, -0.25) is 9.78 Å². The van der Waals surface area contributed by atoms with Crippen LogP contribution in [0.3, 0.4) is 0 Å². The van der Waals surface area contributed by atoms with Crippen LogP contribution < -0.4 is 5.32 Å². The molecule has 0 bridgehead atoms. The smallest absolute Gasteiger partial charge is 0.269 e. The molecule has 0 saturated heterocycles. The van der Waals surface area contributed by atoms with E-state index in [1.807, 2.05) is 6.26 Å². The van der Waals surface area contributed by atoms with Gasteiger partial charge >= 0.3 is 0 Å². The predicted octanol–water partition coefficient (Wildman–Crippen LogP) is 3.53. The monoisotopic (exact) mass is 379 g/mol. The van der Waals surface area contributed by atoms with Crippen LogP contribution in [0.25, 0.3) is 0 Å². The summed E-state index contributed by atoms with van der Waals surface area (Å²) in [5, 5.41) is 13.1. The summed E-state index contributed by atoms with van der Waals surface area (Å²) in [4.78, 5) is 16.1. The highest BCUT2D eigenvalue weighted by Crippen LogP contribution is 2.33. The van der Waals surface area contributed by atoms with Gasteiger partial charge in [-0.05, 0) is 37.7 Å². The summed E-state index contributed by atoms with van der Waals surface area (Å²) in [5.74, 6) is 0.816. The first-order valence-electron chi connectivity index (χ1n) is 8.56. The molecule has 1 N–H and O–H groups in total. The second-order valence-corrected chi connectivity index (χ2v) is 7.34. The van der Waals surface area contributed by atoms with Gasteiger partial charge in [-0.15, -0.1) is 10.2 Å². The molecule has 0 aromatic carbocycles. The Balaban J connectivity index is 1.54. The number of halogens is 1. The molecule has 134 valence electrons. The summed E-state index contributed by atoms with van der Waals surface area (Å²) in [6.45, 7) is 0.569. The molecule has 1 aliphatic carbocycles. The zero-order valence-corrected chi connectivity index (χ0v) is 15.8. The second kappa shape index (κ2) is 8.67. The quantitative estimate of drug-likeness (QED) is 0.588. The zero-order chi connectivity index (χ0) is 17.6. The molecule has 2 heterocycles. The van der Waals surface area contributed by atoms with Crippen molar-refractivity contribution in [1.29, 1.82) is 0 Å². The molecule has 0 aliphatic heterocycles. The molecule has 2 aromatic heterocycles. The van der Waals surface area contributed by atoms with Crippen molar-refractivity contribution in [3.63, 3.8) is 0 Å². The fourth-order valence-electron chi connectivity index (χ4n) is 3.21. The average Bonchev–Trinajstić information content (AvgIpc) is 3.27. The topological polar surface area (TPSA) is 72.7 Å². The molecule has 1 saturated carbocycles. The van der Waals surface area contributed by atoms with Crippen LogP contribution in [-0.2, 0) is 6.42 Å². The summed E-state index contributed by atoms with van der Waals surface area (Å²) in [7, 11) is 0. The highest BCUT2D eigenvalue weighted by atomic mass is 35.5. The highest BCUT2D eigenvalue weighted by molar-refractivity contribution is 7.98. The van der Waals surface area contributed by atoms with Crippen molar-refractivity contribution in [2.45, 2.75) is 49.7 Å². The molecule has 6 nitrogen and oxygen atoms in total. The van der Waals surface area contributed by atoms with Gasteiger partial charge in [0.1, 0.15) is 11.5 Å². The third-order valence-electron chi connectivity index (χ3n) is 4.42. The fourth-order valence-corrected chi connectivity index (χ4v) is 3.95. The Morgan fingerprint density at radius 3 is 2.92 bits per heavy atom. The number of nitrogens with one attached hydrogen (secondary N) is 1. The summed E-state index contributed by atoms with van der Waals surface area (Å²) in [6, 6.07) is 3.74. The molecule has 8 heteroatoms. The minimum absolute atomic E-state index is 0.204. The number of aryl methyl sites for hydroxylation is 1. The molecule has 0 atom stereocenters. The van der Waals surface area contributed by atoms with Crippen molar-refractivity contribution in [2.75, 3.05) is 12.8 Å². The predicted molar refractivity (Wildman–Crippen MR) is 99.2 cm³/mol. The van der Waals surface area contributed by atoms with Crippen molar-refractivity contribution in [1.82, 2.24) is 25.1 Å². The van der Waals surface area contributed by atoms with Gasteiger partial charge in [0.2, 0.25) is 0 Å². The van der Waals surface area contributed by atoms with Crippen molar-refractivity contribution < 1.29 is 4.79 Å². The first-order chi connectivity index (χ1) is 12.2. The van der Waals surface area contributed by atoms with Crippen LogP contribution in [0.5, 0.6) is 0 Å². The van der Waals surface area contributed by atoms with E-state index in [1.54, 1.807) is 23.9 Å².